The van der Waals surface area contributed by atoms with E-state index in [1.165, 1.54) is 0 Å². The van der Waals surface area contributed by atoms with Gasteiger partial charge < -0.3 is 5.11 Å². The molecule has 0 aromatic heterocycles. The zero-order valence-corrected chi connectivity index (χ0v) is 8.00. The van der Waals surface area contributed by atoms with Crippen molar-refractivity contribution in [1.82, 2.24) is 0 Å². The molecule has 4 nitrogen and oxygen atoms in total. The average molecular weight is 191 g/mol. The summed E-state index contributed by atoms with van der Waals surface area (Å²) in [5, 5.41) is 16.7. The van der Waals surface area contributed by atoms with Crippen molar-refractivity contribution in [2.45, 2.75) is 31.6 Å². The monoisotopic (exact) mass is 191 g/mol. The number of aliphatic hydroxyl groups excluding tert-OH is 1. The summed E-state index contributed by atoms with van der Waals surface area (Å²) in [4.78, 5) is 0. The Morgan fingerprint density at radius 3 is 2.33 bits per heavy atom. The quantitative estimate of drug-likeness (QED) is 0.682. The largest absolute Gasteiger partial charge is 0.391 e. The van der Waals surface area contributed by atoms with Crippen molar-refractivity contribution in [3.05, 3.63) is 0 Å². The number of hydrogen-bond donors (Lipinski definition) is 1. The highest BCUT2D eigenvalue weighted by atomic mass is 32.2. The Bertz CT molecular complexity index is 263. The first kappa shape index (κ1) is 11.4. The minimum Gasteiger partial charge on any atom is -0.391 e. The number of aliphatic hydroxyl groups is 1. The summed E-state index contributed by atoms with van der Waals surface area (Å²) in [6.45, 7) is 3.10. The predicted molar refractivity (Wildman–Crippen MR) is 45.2 cm³/mol. The lowest BCUT2D eigenvalue weighted by molar-refractivity contribution is 0.202. The van der Waals surface area contributed by atoms with Gasteiger partial charge in [-0.2, -0.15) is 5.26 Å². The molecule has 1 unspecified atom stereocenters. The fraction of sp³-hybridized carbons (Fsp3) is 0.857. The zero-order chi connectivity index (χ0) is 9.78. The first-order valence-corrected chi connectivity index (χ1v) is 5.38. The average Bonchev–Trinajstić information content (AvgIpc) is 1.85. The van der Waals surface area contributed by atoms with Crippen molar-refractivity contribution in [2.24, 2.45) is 0 Å². The zero-order valence-electron chi connectivity index (χ0n) is 7.19. The Balaban J connectivity index is 4.19. The maximum absolute atomic E-state index is 11.1. The molecule has 0 amide bonds. The van der Waals surface area contributed by atoms with E-state index in [1.807, 2.05) is 0 Å². The van der Waals surface area contributed by atoms with Crippen LogP contribution < -0.4 is 0 Å². The highest BCUT2D eigenvalue weighted by molar-refractivity contribution is 7.92. The van der Waals surface area contributed by atoms with E-state index in [-0.39, 0.29) is 12.2 Å². The molecule has 1 atom stereocenters. The van der Waals surface area contributed by atoms with Crippen molar-refractivity contribution in [2.75, 3.05) is 5.75 Å². The molecule has 0 aliphatic rings. The van der Waals surface area contributed by atoms with Crippen LogP contribution in [0.15, 0.2) is 0 Å². The van der Waals surface area contributed by atoms with Gasteiger partial charge in [0.2, 0.25) is 0 Å². The van der Waals surface area contributed by atoms with Crippen LogP contribution in [-0.2, 0) is 9.84 Å². The second-order valence-electron chi connectivity index (χ2n) is 2.89. The molecule has 0 heterocycles. The molecule has 0 radical (unpaired) electrons. The minimum absolute atomic E-state index is 0.133. The van der Waals surface area contributed by atoms with Gasteiger partial charge in [-0.15, -0.1) is 0 Å². The van der Waals surface area contributed by atoms with Gasteiger partial charge in [-0.3, -0.25) is 0 Å². The molecule has 0 rings (SSSR count). The molecule has 0 bridgehead atoms. The van der Waals surface area contributed by atoms with Crippen LogP contribution in [0.4, 0.5) is 0 Å². The van der Waals surface area contributed by atoms with Crippen LogP contribution in [0.3, 0.4) is 0 Å². The first-order valence-electron chi connectivity index (χ1n) is 3.66. The van der Waals surface area contributed by atoms with E-state index in [9.17, 15) is 8.42 Å². The minimum atomic E-state index is -3.22. The normalized spacial score (nSPS) is 14.2. The van der Waals surface area contributed by atoms with E-state index in [0.717, 1.165) is 0 Å². The number of sulfone groups is 1. The smallest absolute Gasteiger partial charge is 0.155 e. The lowest BCUT2D eigenvalue weighted by Gasteiger charge is -2.09. The molecule has 0 saturated carbocycles. The topological polar surface area (TPSA) is 78.2 Å². The van der Waals surface area contributed by atoms with Gasteiger partial charge in [-0.05, 0) is 13.8 Å². The highest BCUT2D eigenvalue weighted by Gasteiger charge is 2.20. The molecule has 0 saturated heterocycles. The summed E-state index contributed by atoms with van der Waals surface area (Å²) in [7, 11) is -3.22. The maximum Gasteiger partial charge on any atom is 0.155 e. The number of nitrogens with zero attached hydrogens (tertiary/aromatic N) is 1. The summed E-state index contributed by atoms with van der Waals surface area (Å²) in [5.74, 6) is -0.321. The summed E-state index contributed by atoms with van der Waals surface area (Å²) < 4.78 is 22.3. The Hall–Kier alpha value is -0.600. The molecule has 70 valence electrons. The Morgan fingerprint density at radius 2 is 2.00 bits per heavy atom. The van der Waals surface area contributed by atoms with Gasteiger partial charge in [0.15, 0.2) is 9.84 Å². The standard InChI is InChI=1S/C7H13NO3S/c1-6(2)12(10,11)5-7(9)3-4-8/h6-7,9H,3,5H2,1-2H3. The third kappa shape index (κ3) is 3.69. The van der Waals surface area contributed by atoms with Crippen LogP contribution in [0.1, 0.15) is 20.3 Å². The second-order valence-corrected chi connectivity index (χ2v) is 5.50. The van der Waals surface area contributed by atoms with Crippen molar-refractivity contribution < 1.29 is 13.5 Å². The molecule has 0 aromatic rings. The molecule has 5 heteroatoms. The molecular weight excluding hydrogens is 178 g/mol. The summed E-state index contributed by atoms with van der Waals surface area (Å²) in [6.07, 6.45) is -1.19. The van der Waals surface area contributed by atoms with Gasteiger partial charge in [0.1, 0.15) is 0 Å². The van der Waals surface area contributed by atoms with Crippen LogP contribution in [-0.4, -0.2) is 30.6 Å². The van der Waals surface area contributed by atoms with Crippen LogP contribution in [0, 0.1) is 11.3 Å². The first-order chi connectivity index (χ1) is 5.40. The van der Waals surface area contributed by atoms with Crippen LogP contribution in [0.25, 0.3) is 0 Å². The van der Waals surface area contributed by atoms with Gasteiger partial charge in [0.25, 0.3) is 0 Å². The predicted octanol–water partition coefficient (Wildman–Crippen LogP) is 0.0842. The van der Waals surface area contributed by atoms with Gasteiger partial charge in [0, 0.05) is 0 Å². The third-order valence-electron chi connectivity index (χ3n) is 1.47. The van der Waals surface area contributed by atoms with Crippen molar-refractivity contribution in [1.29, 1.82) is 5.26 Å². The SMILES string of the molecule is CC(C)S(=O)(=O)CC(O)CC#N. The Morgan fingerprint density at radius 1 is 1.50 bits per heavy atom. The molecule has 0 aliphatic heterocycles. The molecular formula is C7H13NO3S. The third-order valence-corrected chi connectivity index (χ3v) is 3.76. The fourth-order valence-corrected chi connectivity index (χ4v) is 1.66. The van der Waals surface area contributed by atoms with Crippen LogP contribution in [0.5, 0.6) is 0 Å². The maximum atomic E-state index is 11.1. The Labute approximate surface area is 72.7 Å². The lowest BCUT2D eigenvalue weighted by Crippen LogP contribution is -2.26. The fourth-order valence-electron chi connectivity index (χ4n) is 0.625. The summed E-state index contributed by atoms with van der Waals surface area (Å²) in [5.41, 5.74) is 0. The molecule has 1 N–H and O–H groups in total. The van der Waals surface area contributed by atoms with Gasteiger partial charge >= 0.3 is 0 Å². The second kappa shape index (κ2) is 4.43. The van der Waals surface area contributed by atoms with E-state index in [0.29, 0.717) is 0 Å². The number of rotatable bonds is 4. The number of hydrogen-bond acceptors (Lipinski definition) is 4. The van der Waals surface area contributed by atoms with E-state index < -0.39 is 21.2 Å². The molecule has 0 aliphatic carbocycles. The molecule has 0 fully saturated rings. The summed E-state index contributed by atoms with van der Waals surface area (Å²) in [6, 6.07) is 1.71. The van der Waals surface area contributed by atoms with Gasteiger partial charge in [0.05, 0.1) is 29.6 Å². The van der Waals surface area contributed by atoms with Crippen molar-refractivity contribution in [3.8, 4) is 6.07 Å². The van der Waals surface area contributed by atoms with Crippen LogP contribution in [0.2, 0.25) is 0 Å². The van der Waals surface area contributed by atoms with Gasteiger partial charge in [-0.1, -0.05) is 0 Å². The highest BCUT2D eigenvalue weighted by Crippen LogP contribution is 2.04. The van der Waals surface area contributed by atoms with Crippen molar-refractivity contribution >= 4 is 9.84 Å². The number of nitriles is 1. The molecule has 12 heavy (non-hydrogen) atoms. The van der Waals surface area contributed by atoms with E-state index in [1.54, 1.807) is 19.9 Å². The van der Waals surface area contributed by atoms with Crippen LogP contribution >= 0.6 is 0 Å². The molecule has 0 spiro atoms. The van der Waals surface area contributed by atoms with E-state index >= 15 is 0 Å². The van der Waals surface area contributed by atoms with Gasteiger partial charge in [-0.25, -0.2) is 8.42 Å². The van der Waals surface area contributed by atoms with E-state index in [2.05, 4.69) is 0 Å². The van der Waals surface area contributed by atoms with E-state index in [4.69, 9.17) is 10.4 Å². The molecule has 0 aromatic carbocycles. The van der Waals surface area contributed by atoms with Crippen molar-refractivity contribution in [3.63, 3.8) is 0 Å². The summed E-state index contributed by atoms with van der Waals surface area (Å²) >= 11 is 0. The Kier molecular flexibility index (Phi) is 4.21. The lowest BCUT2D eigenvalue weighted by atomic mass is 10.3.